The highest BCUT2D eigenvalue weighted by atomic mass is 35.5. The number of rotatable bonds is 6. The molecule has 0 aliphatic carbocycles. The Hall–Kier alpha value is -2.02. The molecule has 164 valence electrons. The molecule has 2 heterocycles. The Morgan fingerprint density at radius 2 is 2.03 bits per heavy atom. The number of halogens is 2. The lowest BCUT2D eigenvalue weighted by Gasteiger charge is -2.36. The predicted octanol–water partition coefficient (Wildman–Crippen LogP) is 3.88. The van der Waals surface area contributed by atoms with E-state index >= 15 is 0 Å². The van der Waals surface area contributed by atoms with E-state index < -0.39 is 0 Å². The van der Waals surface area contributed by atoms with Crippen LogP contribution in [0.15, 0.2) is 48.8 Å². The Balaban J connectivity index is 0.00000320. The molecule has 1 saturated heterocycles. The van der Waals surface area contributed by atoms with Gasteiger partial charge >= 0.3 is 0 Å². The molecule has 1 aliphatic rings. The van der Waals surface area contributed by atoms with Crippen LogP contribution in [-0.2, 0) is 4.79 Å². The monoisotopic (exact) mass is 434 g/mol. The first-order valence-electron chi connectivity index (χ1n) is 10.2. The van der Waals surface area contributed by atoms with E-state index in [1.807, 2.05) is 12.3 Å². The fraction of sp³-hybridized carbons (Fsp3) is 0.478. The summed E-state index contributed by atoms with van der Waals surface area (Å²) in [7, 11) is 0. The Morgan fingerprint density at radius 3 is 2.67 bits per heavy atom. The fourth-order valence-electron chi connectivity index (χ4n) is 3.82. The van der Waals surface area contributed by atoms with Crippen LogP contribution in [0.5, 0.6) is 0 Å². The molecule has 1 amide bonds. The summed E-state index contributed by atoms with van der Waals surface area (Å²) in [6, 6.07) is 10.4. The SMILES string of the molecule is CC(C)(C)CC(NC(=O)CN1CCNCC1c1cccnc1)c1ccc(F)cc1.Cl. The first kappa shape index (κ1) is 24.3. The van der Waals surface area contributed by atoms with Crippen molar-refractivity contribution >= 4 is 18.3 Å². The summed E-state index contributed by atoms with van der Waals surface area (Å²) in [4.78, 5) is 19.4. The summed E-state index contributed by atoms with van der Waals surface area (Å²) in [5.74, 6) is -0.283. The number of carbonyl (C=O) groups is 1. The Labute approximate surface area is 184 Å². The van der Waals surface area contributed by atoms with Crippen molar-refractivity contribution in [1.29, 1.82) is 0 Å². The van der Waals surface area contributed by atoms with Crippen LogP contribution in [0.3, 0.4) is 0 Å². The van der Waals surface area contributed by atoms with Gasteiger partial charge in [0.25, 0.3) is 0 Å². The predicted molar refractivity (Wildman–Crippen MR) is 120 cm³/mol. The largest absolute Gasteiger partial charge is 0.348 e. The summed E-state index contributed by atoms with van der Waals surface area (Å²) < 4.78 is 13.4. The van der Waals surface area contributed by atoms with Gasteiger partial charge in [-0.25, -0.2) is 4.39 Å². The first-order valence-corrected chi connectivity index (χ1v) is 10.2. The van der Waals surface area contributed by atoms with Crippen molar-refractivity contribution in [3.63, 3.8) is 0 Å². The number of aromatic nitrogens is 1. The van der Waals surface area contributed by atoms with E-state index in [0.29, 0.717) is 6.54 Å². The lowest BCUT2D eigenvalue weighted by atomic mass is 9.85. The van der Waals surface area contributed by atoms with Crippen molar-refractivity contribution < 1.29 is 9.18 Å². The maximum Gasteiger partial charge on any atom is 0.234 e. The van der Waals surface area contributed by atoms with Crippen molar-refractivity contribution in [2.24, 2.45) is 5.41 Å². The van der Waals surface area contributed by atoms with E-state index in [-0.39, 0.29) is 41.6 Å². The summed E-state index contributed by atoms with van der Waals surface area (Å²) in [6.07, 6.45) is 4.40. The van der Waals surface area contributed by atoms with Crippen LogP contribution in [-0.4, -0.2) is 42.0 Å². The molecule has 1 aliphatic heterocycles. The van der Waals surface area contributed by atoms with Crippen molar-refractivity contribution in [3.8, 4) is 0 Å². The molecule has 7 heteroatoms. The van der Waals surface area contributed by atoms with Crippen LogP contribution in [0.1, 0.15) is 50.4 Å². The second kappa shape index (κ2) is 10.8. The molecule has 1 aromatic carbocycles. The number of hydrogen-bond donors (Lipinski definition) is 2. The first-order chi connectivity index (χ1) is 13.8. The third-order valence-corrected chi connectivity index (χ3v) is 5.19. The zero-order chi connectivity index (χ0) is 20.9. The van der Waals surface area contributed by atoms with Crippen LogP contribution in [0.25, 0.3) is 0 Å². The minimum absolute atomic E-state index is 0. The van der Waals surface area contributed by atoms with Crippen molar-refractivity contribution in [3.05, 3.63) is 65.7 Å². The lowest BCUT2D eigenvalue weighted by molar-refractivity contribution is -0.124. The number of carbonyl (C=O) groups excluding carboxylic acids is 1. The quantitative estimate of drug-likeness (QED) is 0.724. The third-order valence-electron chi connectivity index (χ3n) is 5.19. The number of benzene rings is 1. The van der Waals surface area contributed by atoms with E-state index in [1.54, 1.807) is 18.3 Å². The highest BCUT2D eigenvalue weighted by Crippen LogP contribution is 2.30. The number of amides is 1. The molecule has 0 spiro atoms. The van der Waals surface area contributed by atoms with Gasteiger partial charge in [-0.3, -0.25) is 14.7 Å². The molecular weight excluding hydrogens is 403 g/mol. The average molecular weight is 435 g/mol. The second-order valence-corrected chi connectivity index (χ2v) is 8.91. The standard InChI is InChI=1S/C23H31FN4O.ClH/c1-23(2,3)13-20(17-6-8-19(24)9-7-17)27-22(29)16-28-12-11-26-15-21(28)18-5-4-10-25-14-18;/h4-10,14,20-21,26H,11-13,15-16H2,1-3H3,(H,27,29);1H. The molecule has 30 heavy (non-hydrogen) atoms. The number of nitrogens with one attached hydrogen (secondary N) is 2. The minimum Gasteiger partial charge on any atom is -0.348 e. The Kier molecular flexibility index (Phi) is 8.77. The fourth-order valence-corrected chi connectivity index (χ4v) is 3.82. The van der Waals surface area contributed by atoms with E-state index in [4.69, 9.17) is 0 Å². The van der Waals surface area contributed by atoms with Crippen molar-refractivity contribution in [2.75, 3.05) is 26.2 Å². The maximum absolute atomic E-state index is 13.4. The van der Waals surface area contributed by atoms with Crippen molar-refractivity contribution in [2.45, 2.75) is 39.3 Å². The molecule has 1 fully saturated rings. The van der Waals surface area contributed by atoms with Gasteiger partial charge in [-0.05, 0) is 41.2 Å². The van der Waals surface area contributed by atoms with Crippen LogP contribution in [0, 0.1) is 11.2 Å². The van der Waals surface area contributed by atoms with Gasteiger partial charge in [0, 0.05) is 38.1 Å². The number of pyridine rings is 1. The minimum atomic E-state index is -0.269. The van der Waals surface area contributed by atoms with Gasteiger partial charge in [-0.1, -0.05) is 39.0 Å². The smallest absolute Gasteiger partial charge is 0.234 e. The third kappa shape index (κ3) is 7.04. The van der Waals surface area contributed by atoms with Crippen molar-refractivity contribution in [1.82, 2.24) is 20.5 Å². The number of piperazine rings is 1. The molecule has 0 bridgehead atoms. The summed E-state index contributed by atoms with van der Waals surface area (Å²) in [5.41, 5.74) is 2.07. The van der Waals surface area contributed by atoms with Gasteiger partial charge in [0.15, 0.2) is 0 Å². The van der Waals surface area contributed by atoms with E-state index in [2.05, 4.69) is 47.4 Å². The second-order valence-electron chi connectivity index (χ2n) is 8.91. The zero-order valence-corrected chi connectivity index (χ0v) is 18.7. The zero-order valence-electron chi connectivity index (χ0n) is 17.9. The summed E-state index contributed by atoms with van der Waals surface area (Å²) >= 11 is 0. The maximum atomic E-state index is 13.4. The van der Waals surface area contributed by atoms with Gasteiger partial charge in [0.05, 0.1) is 12.6 Å². The van der Waals surface area contributed by atoms with Gasteiger partial charge in [-0.15, -0.1) is 12.4 Å². The van der Waals surface area contributed by atoms with Gasteiger partial charge < -0.3 is 10.6 Å². The van der Waals surface area contributed by atoms with E-state index in [1.165, 1.54) is 12.1 Å². The Morgan fingerprint density at radius 1 is 1.30 bits per heavy atom. The normalized spacial score (nSPS) is 18.3. The summed E-state index contributed by atoms with van der Waals surface area (Å²) in [5, 5.41) is 6.59. The molecular formula is C23H32ClFN4O. The highest BCUT2D eigenvalue weighted by Gasteiger charge is 2.27. The molecule has 3 rings (SSSR count). The van der Waals surface area contributed by atoms with Crippen LogP contribution in [0.4, 0.5) is 4.39 Å². The van der Waals surface area contributed by atoms with Crippen LogP contribution >= 0.6 is 12.4 Å². The van der Waals surface area contributed by atoms with Gasteiger partial charge in [0.2, 0.25) is 5.91 Å². The Bertz CT molecular complexity index is 795. The molecule has 2 atom stereocenters. The van der Waals surface area contributed by atoms with Crippen LogP contribution in [0.2, 0.25) is 0 Å². The molecule has 2 aromatic rings. The van der Waals surface area contributed by atoms with Crippen LogP contribution < -0.4 is 10.6 Å². The average Bonchev–Trinajstić information content (AvgIpc) is 2.68. The molecule has 0 radical (unpaired) electrons. The molecule has 2 N–H and O–H groups in total. The number of nitrogens with zero attached hydrogens (tertiary/aromatic N) is 2. The molecule has 0 saturated carbocycles. The van der Waals surface area contributed by atoms with E-state index in [9.17, 15) is 9.18 Å². The lowest BCUT2D eigenvalue weighted by Crippen LogP contribution is -2.50. The highest BCUT2D eigenvalue weighted by molar-refractivity contribution is 5.85. The molecule has 1 aromatic heterocycles. The number of hydrogen-bond acceptors (Lipinski definition) is 4. The van der Waals surface area contributed by atoms with E-state index in [0.717, 1.165) is 37.2 Å². The van der Waals surface area contributed by atoms with Gasteiger partial charge in [0.1, 0.15) is 5.82 Å². The molecule has 2 unspecified atom stereocenters. The molecule has 5 nitrogen and oxygen atoms in total. The summed E-state index contributed by atoms with van der Waals surface area (Å²) in [6.45, 7) is 9.20. The van der Waals surface area contributed by atoms with Gasteiger partial charge in [-0.2, -0.15) is 0 Å². The topological polar surface area (TPSA) is 57.3 Å².